The second kappa shape index (κ2) is 11.9. The van der Waals surface area contributed by atoms with E-state index in [1.54, 1.807) is 0 Å². The quantitative estimate of drug-likeness (QED) is 0.312. The molecule has 0 radical (unpaired) electrons. The summed E-state index contributed by atoms with van der Waals surface area (Å²) in [5.41, 5.74) is 2.75. The minimum atomic E-state index is -1.48. The molecule has 166 valence electrons. The van der Waals surface area contributed by atoms with Crippen LogP contribution in [0.1, 0.15) is 38.8 Å². The van der Waals surface area contributed by atoms with E-state index in [-0.39, 0.29) is 5.41 Å². The van der Waals surface area contributed by atoms with E-state index >= 15 is 0 Å². The lowest BCUT2D eigenvalue weighted by Gasteiger charge is -2.23. The Kier molecular flexibility index (Phi) is 9.62. The van der Waals surface area contributed by atoms with Gasteiger partial charge < -0.3 is 4.74 Å². The lowest BCUT2D eigenvalue weighted by atomic mass is 9.98. The molecule has 2 aromatic carbocycles. The molecule has 0 N–H and O–H groups in total. The van der Waals surface area contributed by atoms with Crippen LogP contribution in [0.15, 0.2) is 66.7 Å². The van der Waals surface area contributed by atoms with Gasteiger partial charge in [-0.1, -0.05) is 86.0 Å². The summed E-state index contributed by atoms with van der Waals surface area (Å²) in [5, 5.41) is 0. The fraction of sp³-hybridized carbons (Fsp3) is 0.429. The van der Waals surface area contributed by atoms with Crippen molar-refractivity contribution in [3.05, 3.63) is 77.9 Å². The van der Waals surface area contributed by atoms with Crippen molar-refractivity contribution >= 4 is 8.07 Å². The van der Waals surface area contributed by atoms with Crippen molar-refractivity contribution < 1.29 is 4.74 Å². The summed E-state index contributed by atoms with van der Waals surface area (Å²) < 4.78 is 6.25. The van der Waals surface area contributed by atoms with Gasteiger partial charge in [-0.25, -0.2) is 0 Å². The molecule has 0 aliphatic rings. The molecule has 0 amide bonds. The molecule has 0 aliphatic heterocycles. The highest BCUT2D eigenvalue weighted by atomic mass is 28.3. The topological polar surface area (TPSA) is 12.5 Å². The molecule has 2 rings (SSSR count). The Morgan fingerprint density at radius 2 is 1.71 bits per heavy atom. The second-order valence-electron chi connectivity index (χ2n) is 10.0. The predicted molar refractivity (Wildman–Crippen MR) is 137 cm³/mol. The van der Waals surface area contributed by atoms with Crippen LogP contribution in [0.5, 0.6) is 5.75 Å². The number of benzene rings is 2. The first kappa shape index (κ1) is 25.0. The SMILES string of the molecule is CCN(C/C=C/C#CC(C)(C)C)Cc1cccc(OC[Si](C)(C)Cc2ccccc2)c1. The molecule has 0 saturated heterocycles. The van der Waals surface area contributed by atoms with Gasteiger partial charge in [0.15, 0.2) is 0 Å². The van der Waals surface area contributed by atoms with Crippen LogP contribution in [-0.2, 0) is 12.6 Å². The Hall–Kier alpha value is -2.28. The number of hydrogen-bond donors (Lipinski definition) is 0. The Labute approximate surface area is 191 Å². The minimum Gasteiger partial charge on any atom is -0.497 e. The largest absolute Gasteiger partial charge is 0.497 e. The van der Waals surface area contributed by atoms with Crippen LogP contribution in [0.4, 0.5) is 0 Å². The van der Waals surface area contributed by atoms with E-state index in [1.165, 1.54) is 11.1 Å². The number of hydrogen-bond acceptors (Lipinski definition) is 2. The molecule has 0 spiro atoms. The van der Waals surface area contributed by atoms with E-state index < -0.39 is 8.07 Å². The summed E-state index contributed by atoms with van der Waals surface area (Å²) in [6.45, 7) is 16.2. The van der Waals surface area contributed by atoms with Gasteiger partial charge in [-0.2, -0.15) is 0 Å². The average Bonchev–Trinajstić information content (AvgIpc) is 2.71. The number of ether oxygens (including phenoxy) is 1. The van der Waals surface area contributed by atoms with Gasteiger partial charge in [-0.3, -0.25) is 4.90 Å². The summed E-state index contributed by atoms with van der Waals surface area (Å²) in [4.78, 5) is 2.41. The van der Waals surface area contributed by atoms with Crippen LogP contribution in [0.3, 0.4) is 0 Å². The van der Waals surface area contributed by atoms with Gasteiger partial charge in [0.1, 0.15) is 5.75 Å². The van der Waals surface area contributed by atoms with Gasteiger partial charge in [0.25, 0.3) is 0 Å². The molecular weight excluding hydrogens is 394 g/mol. The smallest absolute Gasteiger partial charge is 0.119 e. The van der Waals surface area contributed by atoms with E-state index in [0.717, 1.165) is 37.7 Å². The van der Waals surface area contributed by atoms with Gasteiger partial charge in [0.2, 0.25) is 0 Å². The van der Waals surface area contributed by atoms with E-state index in [4.69, 9.17) is 4.74 Å². The highest BCUT2D eigenvalue weighted by molar-refractivity contribution is 6.76. The molecule has 0 atom stereocenters. The van der Waals surface area contributed by atoms with Crippen LogP contribution in [-0.4, -0.2) is 32.3 Å². The van der Waals surface area contributed by atoms with Gasteiger partial charge in [-0.05, 0) is 57.1 Å². The maximum Gasteiger partial charge on any atom is 0.119 e. The summed E-state index contributed by atoms with van der Waals surface area (Å²) in [6, 6.07) is 20.5. The summed E-state index contributed by atoms with van der Waals surface area (Å²) in [7, 11) is -1.48. The molecule has 0 fully saturated rings. The molecule has 0 bridgehead atoms. The third-order valence-electron chi connectivity index (χ3n) is 4.92. The Morgan fingerprint density at radius 1 is 1.00 bits per heavy atom. The van der Waals surface area contributed by atoms with Crippen LogP contribution < -0.4 is 4.74 Å². The molecule has 0 heterocycles. The number of allylic oxidation sites excluding steroid dienone is 1. The maximum atomic E-state index is 6.25. The lowest BCUT2D eigenvalue weighted by molar-refractivity contribution is 0.310. The monoisotopic (exact) mass is 433 g/mol. The third-order valence-corrected chi connectivity index (χ3v) is 7.21. The minimum absolute atomic E-state index is 0.0493. The standard InChI is InChI=1S/C28H39NOSi/c1-7-29(20-13-9-12-19-28(2,3)4)22-26-17-14-18-27(21-26)30-24-31(5,6)23-25-15-10-8-11-16-25/h8-11,13-18,21H,7,20,22-24H2,1-6H3/b13-9+. The van der Waals surface area contributed by atoms with Gasteiger partial charge in [0, 0.05) is 18.5 Å². The summed E-state index contributed by atoms with van der Waals surface area (Å²) in [5.74, 6) is 7.38. The van der Waals surface area contributed by atoms with Crippen molar-refractivity contribution in [2.24, 2.45) is 5.41 Å². The van der Waals surface area contributed by atoms with Gasteiger partial charge >= 0.3 is 0 Å². The highest BCUT2D eigenvalue weighted by Crippen LogP contribution is 2.18. The van der Waals surface area contributed by atoms with Gasteiger partial charge in [0.05, 0.1) is 14.3 Å². The molecule has 0 aliphatic carbocycles. The van der Waals surface area contributed by atoms with Crippen molar-refractivity contribution in [2.75, 3.05) is 19.3 Å². The van der Waals surface area contributed by atoms with E-state index in [2.05, 4.69) is 118 Å². The second-order valence-corrected chi connectivity index (χ2v) is 15.0. The Bertz CT molecular complexity index is 884. The molecule has 2 aromatic rings. The zero-order valence-electron chi connectivity index (χ0n) is 20.2. The van der Waals surface area contributed by atoms with Crippen molar-refractivity contribution in [3.8, 4) is 17.6 Å². The fourth-order valence-electron chi connectivity index (χ4n) is 3.29. The number of nitrogens with zero attached hydrogens (tertiary/aromatic N) is 1. The molecule has 3 heteroatoms. The van der Waals surface area contributed by atoms with E-state index in [9.17, 15) is 0 Å². The first-order valence-corrected chi connectivity index (χ1v) is 14.7. The normalized spacial score (nSPS) is 12.1. The zero-order valence-corrected chi connectivity index (χ0v) is 21.2. The van der Waals surface area contributed by atoms with Crippen molar-refractivity contribution in [1.82, 2.24) is 4.90 Å². The summed E-state index contributed by atoms with van der Waals surface area (Å²) >= 11 is 0. The highest BCUT2D eigenvalue weighted by Gasteiger charge is 2.22. The first-order valence-electron chi connectivity index (χ1n) is 11.3. The summed E-state index contributed by atoms with van der Waals surface area (Å²) in [6.07, 6.45) is 4.96. The first-order chi connectivity index (χ1) is 14.7. The number of likely N-dealkylation sites (N-methyl/N-ethyl adjacent to an activating group) is 1. The van der Waals surface area contributed by atoms with Crippen molar-refractivity contribution in [1.29, 1.82) is 0 Å². The van der Waals surface area contributed by atoms with Crippen LogP contribution in [0, 0.1) is 17.3 Å². The van der Waals surface area contributed by atoms with E-state index in [1.807, 2.05) is 6.08 Å². The van der Waals surface area contributed by atoms with Crippen LogP contribution in [0.2, 0.25) is 13.1 Å². The number of rotatable bonds is 10. The molecule has 31 heavy (non-hydrogen) atoms. The maximum absolute atomic E-state index is 6.25. The predicted octanol–water partition coefficient (Wildman–Crippen LogP) is 6.52. The Balaban J connectivity index is 1.89. The van der Waals surface area contributed by atoms with Crippen molar-refractivity contribution in [2.45, 2.75) is 53.4 Å². The molecule has 0 aromatic heterocycles. The molecular formula is C28H39NOSi. The average molecular weight is 434 g/mol. The third kappa shape index (κ3) is 10.5. The molecule has 0 unspecified atom stereocenters. The van der Waals surface area contributed by atoms with Crippen LogP contribution in [0.25, 0.3) is 0 Å². The zero-order chi connectivity index (χ0) is 22.7. The fourth-order valence-corrected chi connectivity index (χ4v) is 5.29. The van der Waals surface area contributed by atoms with E-state index in [0.29, 0.717) is 0 Å². The van der Waals surface area contributed by atoms with Crippen LogP contribution >= 0.6 is 0 Å². The lowest BCUT2D eigenvalue weighted by Crippen LogP contribution is -2.37. The van der Waals surface area contributed by atoms with Crippen molar-refractivity contribution in [3.63, 3.8) is 0 Å². The molecule has 0 saturated carbocycles. The van der Waals surface area contributed by atoms with Gasteiger partial charge in [-0.15, -0.1) is 0 Å². The molecule has 2 nitrogen and oxygen atoms in total. The Morgan fingerprint density at radius 3 is 2.39 bits per heavy atom.